The molecule has 0 unspecified atom stereocenters. The van der Waals surface area contributed by atoms with E-state index in [-0.39, 0.29) is 53.9 Å². The number of alkyl halides is 3. The molecule has 0 N–H and O–H groups in total. The van der Waals surface area contributed by atoms with Crippen LogP contribution in [0.25, 0.3) is 0 Å². The summed E-state index contributed by atoms with van der Waals surface area (Å²) in [6.07, 6.45) is -4.59. The van der Waals surface area contributed by atoms with Crippen LogP contribution in [0.1, 0.15) is 11.1 Å². The van der Waals surface area contributed by atoms with Gasteiger partial charge in [0.15, 0.2) is 0 Å². The monoisotopic (exact) mass is 358 g/mol. The van der Waals surface area contributed by atoms with E-state index < -0.39 is 11.7 Å². The Balaban J connectivity index is 1.58. The van der Waals surface area contributed by atoms with Gasteiger partial charge < -0.3 is 4.90 Å². The van der Waals surface area contributed by atoms with Gasteiger partial charge in [0, 0.05) is 13.1 Å². The fourth-order valence-corrected chi connectivity index (χ4v) is 3.46. The third kappa shape index (κ3) is 3.26. The van der Waals surface area contributed by atoms with E-state index in [4.69, 9.17) is 0 Å². The quantitative estimate of drug-likeness (QED) is 0.831. The van der Waals surface area contributed by atoms with Gasteiger partial charge in [-0.1, -0.05) is 30.0 Å². The number of thioether (sulfide) groups is 1. The summed E-state index contributed by atoms with van der Waals surface area (Å²) in [4.78, 5) is 37.9. The zero-order valence-electron chi connectivity index (χ0n) is 12.4. The first-order chi connectivity index (χ1) is 11.3. The molecule has 2 saturated heterocycles. The molecule has 2 fully saturated rings. The topological polar surface area (TPSA) is 57.7 Å². The molecule has 3 rings (SSSR count). The number of imide groups is 1. The smallest absolute Gasteiger partial charge is 0.338 e. The Kier molecular flexibility index (Phi) is 4.29. The van der Waals surface area contributed by atoms with E-state index in [0.29, 0.717) is 0 Å². The van der Waals surface area contributed by atoms with Gasteiger partial charge >= 0.3 is 6.18 Å². The number of rotatable bonds is 3. The normalized spacial score (nSPS) is 19.0. The molecule has 24 heavy (non-hydrogen) atoms. The average Bonchev–Trinajstić information content (AvgIpc) is 2.77. The first kappa shape index (κ1) is 16.8. The Morgan fingerprint density at radius 1 is 1.25 bits per heavy atom. The lowest BCUT2D eigenvalue weighted by Gasteiger charge is -2.42. The molecular weight excluding hydrogens is 345 g/mol. The predicted octanol–water partition coefficient (Wildman–Crippen LogP) is 2.15. The Labute approximate surface area is 139 Å². The highest BCUT2D eigenvalue weighted by molar-refractivity contribution is 8.14. The third-order valence-electron chi connectivity index (χ3n) is 3.97. The molecule has 3 amide bonds. The predicted molar refractivity (Wildman–Crippen MR) is 80.2 cm³/mol. The molecule has 5 nitrogen and oxygen atoms in total. The van der Waals surface area contributed by atoms with Crippen molar-refractivity contribution in [3.05, 3.63) is 35.4 Å². The van der Waals surface area contributed by atoms with Crippen LogP contribution >= 0.6 is 11.8 Å². The van der Waals surface area contributed by atoms with Crippen LogP contribution in [0, 0.1) is 0 Å². The van der Waals surface area contributed by atoms with Crippen LogP contribution < -0.4 is 0 Å². The lowest BCUT2D eigenvalue weighted by atomic mass is 10.0. The Morgan fingerprint density at radius 2 is 1.96 bits per heavy atom. The third-order valence-corrected chi connectivity index (χ3v) is 4.81. The maximum absolute atomic E-state index is 12.7. The largest absolute Gasteiger partial charge is 0.416 e. The average molecular weight is 358 g/mol. The van der Waals surface area contributed by atoms with Crippen molar-refractivity contribution >= 4 is 28.8 Å². The molecule has 2 heterocycles. The SMILES string of the molecule is O=C(Cc1cccc(C(F)(F)F)c1)N1CC(N2C(=O)CSC2=O)C1. The molecule has 2 aliphatic heterocycles. The summed E-state index contributed by atoms with van der Waals surface area (Å²) in [5.74, 6) is -0.467. The highest BCUT2D eigenvalue weighted by Crippen LogP contribution is 2.30. The molecule has 9 heteroatoms. The fourth-order valence-electron chi connectivity index (χ4n) is 2.68. The van der Waals surface area contributed by atoms with E-state index in [2.05, 4.69) is 0 Å². The van der Waals surface area contributed by atoms with E-state index in [1.807, 2.05) is 0 Å². The van der Waals surface area contributed by atoms with Gasteiger partial charge in [-0.25, -0.2) is 0 Å². The van der Waals surface area contributed by atoms with Crippen molar-refractivity contribution in [2.24, 2.45) is 0 Å². The van der Waals surface area contributed by atoms with E-state index >= 15 is 0 Å². The molecule has 0 radical (unpaired) electrons. The van der Waals surface area contributed by atoms with Gasteiger partial charge in [-0.15, -0.1) is 0 Å². The molecule has 128 valence electrons. The molecule has 0 saturated carbocycles. The molecule has 1 aromatic carbocycles. The highest BCUT2D eigenvalue weighted by atomic mass is 32.2. The van der Waals surface area contributed by atoms with Gasteiger partial charge in [-0.05, 0) is 11.6 Å². The van der Waals surface area contributed by atoms with E-state index in [0.717, 1.165) is 23.9 Å². The molecule has 0 bridgehead atoms. The molecule has 1 aromatic rings. The number of hydrogen-bond donors (Lipinski definition) is 0. The van der Waals surface area contributed by atoms with Crippen LogP contribution in [0.4, 0.5) is 18.0 Å². The number of carbonyl (C=O) groups excluding carboxylic acids is 3. The number of nitrogens with zero attached hydrogens (tertiary/aromatic N) is 2. The van der Waals surface area contributed by atoms with Crippen LogP contribution in [-0.2, 0) is 22.2 Å². The molecule has 0 aliphatic carbocycles. The van der Waals surface area contributed by atoms with Crippen LogP contribution in [0.15, 0.2) is 24.3 Å². The summed E-state index contributed by atoms with van der Waals surface area (Å²) in [6.45, 7) is 0.464. The number of likely N-dealkylation sites (tertiary alicyclic amines) is 1. The Bertz CT molecular complexity index is 685. The molecular formula is C15H13F3N2O3S. The summed E-state index contributed by atoms with van der Waals surface area (Å²) < 4.78 is 38.0. The van der Waals surface area contributed by atoms with Gasteiger partial charge in [0.05, 0.1) is 23.8 Å². The van der Waals surface area contributed by atoms with Crippen molar-refractivity contribution in [2.45, 2.75) is 18.6 Å². The van der Waals surface area contributed by atoms with Gasteiger partial charge in [0.2, 0.25) is 11.8 Å². The minimum Gasteiger partial charge on any atom is -0.338 e. The molecule has 0 spiro atoms. The van der Waals surface area contributed by atoms with Crippen molar-refractivity contribution in [3.8, 4) is 0 Å². The first-order valence-electron chi connectivity index (χ1n) is 7.18. The lowest BCUT2D eigenvalue weighted by molar-refractivity contribution is -0.141. The number of carbonyl (C=O) groups is 3. The van der Waals surface area contributed by atoms with Crippen molar-refractivity contribution in [3.63, 3.8) is 0 Å². The van der Waals surface area contributed by atoms with E-state index in [1.54, 1.807) is 0 Å². The second kappa shape index (κ2) is 6.12. The van der Waals surface area contributed by atoms with Crippen molar-refractivity contribution < 1.29 is 27.6 Å². The van der Waals surface area contributed by atoms with Crippen LogP contribution in [0.2, 0.25) is 0 Å². The minimum atomic E-state index is -4.45. The standard InChI is InChI=1S/C15H13F3N2O3S/c16-15(17,18)10-3-1-2-9(4-10)5-12(21)19-6-11(7-19)20-13(22)8-24-14(20)23/h1-4,11H,5-8H2. The van der Waals surface area contributed by atoms with Crippen LogP contribution in [-0.4, -0.2) is 51.7 Å². The number of benzene rings is 1. The van der Waals surface area contributed by atoms with Crippen LogP contribution in [0.3, 0.4) is 0 Å². The van der Waals surface area contributed by atoms with Crippen molar-refractivity contribution in [1.82, 2.24) is 9.80 Å². The minimum absolute atomic E-state index is 0.119. The maximum Gasteiger partial charge on any atom is 0.416 e. The van der Waals surface area contributed by atoms with Gasteiger partial charge in [-0.2, -0.15) is 13.2 Å². The highest BCUT2D eigenvalue weighted by Gasteiger charge is 2.43. The number of hydrogen-bond acceptors (Lipinski definition) is 4. The molecule has 0 aromatic heterocycles. The molecule has 0 atom stereocenters. The summed E-state index contributed by atoms with van der Waals surface area (Å²) in [5.41, 5.74) is -0.512. The first-order valence-corrected chi connectivity index (χ1v) is 8.17. The summed E-state index contributed by atoms with van der Waals surface area (Å²) >= 11 is 0.935. The summed E-state index contributed by atoms with van der Waals surface area (Å²) in [7, 11) is 0. The van der Waals surface area contributed by atoms with Gasteiger partial charge in [-0.3, -0.25) is 19.3 Å². The van der Waals surface area contributed by atoms with Gasteiger partial charge in [0.1, 0.15) is 0 Å². The maximum atomic E-state index is 12.7. The van der Waals surface area contributed by atoms with E-state index in [9.17, 15) is 27.6 Å². The fraction of sp³-hybridized carbons (Fsp3) is 0.400. The van der Waals surface area contributed by atoms with Crippen molar-refractivity contribution in [1.29, 1.82) is 0 Å². The van der Waals surface area contributed by atoms with Crippen LogP contribution in [0.5, 0.6) is 0 Å². The zero-order valence-corrected chi connectivity index (χ0v) is 13.2. The zero-order chi connectivity index (χ0) is 17.5. The van der Waals surface area contributed by atoms with Gasteiger partial charge in [0.25, 0.3) is 5.24 Å². The second-order valence-electron chi connectivity index (χ2n) is 5.65. The lowest BCUT2D eigenvalue weighted by Crippen LogP contribution is -2.62. The second-order valence-corrected chi connectivity index (χ2v) is 6.57. The Morgan fingerprint density at radius 3 is 2.54 bits per heavy atom. The Hall–Kier alpha value is -2.03. The number of halogens is 3. The molecule has 2 aliphatic rings. The summed E-state index contributed by atoms with van der Waals surface area (Å²) in [5, 5.41) is -0.310. The van der Waals surface area contributed by atoms with Crippen molar-refractivity contribution in [2.75, 3.05) is 18.8 Å². The van der Waals surface area contributed by atoms with E-state index in [1.165, 1.54) is 21.9 Å². The summed E-state index contributed by atoms with van der Waals surface area (Å²) in [6, 6.07) is 4.32. The number of amides is 3.